The summed E-state index contributed by atoms with van der Waals surface area (Å²) in [6.07, 6.45) is 0. The largest absolute Gasteiger partial charge is 0.465 e. The van der Waals surface area contributed by atoms with E-state index in [1.807, 2.05) is 109 Å². The zero-order valence-corrected chi connectivity index (χ0v) is 18.6. The molecule has 164 valence electrons. The number of ether oxygens (including phenoxy) is 2. The lowest BCUT2D eigenvalue weighted by atomic mass is 9.95. The lowest BCUT2D eigenvalue weighted by molar-refractivity contribution is 0.0602. The predicted molar refractivity (Wildman–Crippen MR) is 133 cm³/mol. The van der Waals surface area contributed by atoms with Crippen LogP contribution in [-0.4, -0.2) is 17.6 Å². The highest BCUT2D eigenvalue weighted by molar-refractivity contribution is 6.09. The monoisotopic (exact) mass is 443 g/mol. The Morgan fingerprint density at radius 1 is 0.676 bits per heavy atom. The number of rotatable bonds is 3. The Hall–Kier alpha value is -4.57. The standard InChI is InChI=1S/C30H21NO3/c1-33-30(32)27-26(20-12-4-2-5-13-20)29-22-16-8-10-18-24(22)34-25-19-11-9-17-23(25)31(29)28(27)21-14-6-3-7-15-21/h2-19H,1H3. The Balaban J connectivity index is 1.88. The van der Waals surface area contributed by atoms with Crippen molar-refractivity contribution in [2.24, 2.45) is 0 Å². The molecule has 5 aromatic rings. The summed E-state index contributed by atoms with van der Waals surface area (Å²) < 4.78 is 13.9. The minimum Gasteiger partial charge on any atom is -0.465 e. The first-order chi connectivity index (χ1) is 16.8. The van der Waals surface area contributed by atoms with E-state index in [1.165, 1.54) is 7.11 Å². The summed E-state index contributed by atoms with van der Waals surface area (Å²) in [7, 11) is 1.43. The highest BCUT2D eigenvalue weighted by atomic mass is 16.5. The summed E-state index contributed by atoms with van der Waals surface area (Å²) in [5.74, 6) is 1.07. The molecule has 0 bridgehead atoms. The predicted octanol–water partition coefficient (Wildman–Crippen LogP) is 7.37. The van der Waals surface area contributed by atoms with Gasteiger partial charge >= 0.3 is 5.97 Å². The van der Waals surface area contributed by atoms with Gasteiger partial charge in [0.25, 0.3) is 0 Å². The van der Waals surface area contributed by atoms with E-state index >= 15 is 0 Å². The fraction of sp³-hybridized carbons (Fsp3) is 0.0333. The Bertz CT molecular complexity index is 1410. The van der Waals surface area contributed by atoms with E-state index in [-0.39, 0.29) is 5.97 Å². The van der Waals surface area contributed by atoms with E-state index in [0.29, 0.717) is 5.56 Å². The van der Waals surface area contributed by atoms with Crippen molar-refractivity contribution in [2.75, 3.05) is 7.11 Å². The highest BCUT2D eigenvalue weighted by Gasteiger charge is 2.34. The molecule has 6 rings (SSSR count). The van der Waals surface area contributed by atoms with Crippen LogP contribution < -0.4 is 4.74 Å². The van der Waals surface area contributed by atoms with Gasteiger partial charge in [-0.1, -0.05) is 84.9 Å². The van der Waals surface area contributed by atoms with Crippen molar-refractivity contribution in [1.29, 1.82) is 0 Å². The van der Waals surface area contributed by atoms with Gasteiger partial charge in [0.15, 0.2) is 5.75 Å². The zero-order valence-electron chi connectivity index (χ0n) is 18.6. The summed E-state index contributed by atoms with van der Waals surface area (Å²) in [5.41, 5.74) is 6.63. The van der Waals surface area contributed by atoms with Crippen molar-refractivity contribution in [1.82, 2.24) is 4.57 Å². The van der Waals surface area contributed by atoms with Crippen molar-refractivity contribution in [3.63, 3.8) is 0 Å². The van der Waals surface area contributed by atoms with Gasteiger partial charge < -0.3 is 14.0 Å². The molecule has 0 atom stereocenters. The molecule has 0 amide bonds. The fourth-order valence-electron chi connectivity index (χ4n) is 4.72. The van der Waals surface area contributed by atoms with E-state index in [9.17, 15) is 4.79 Å². The van der Waals surface area contributed by atoms with Crippen LogP contribution in [0.3, 0.4) is 0 Å². The van der Waals surface area contributed by atoms with Crippen LogP contribution in [0, 0.1) is 0 Å². The molecule has 1 aromatic heterocycles. The lowest BCUT2D eigenvalue weighted by Gasteiger charge is -2.14. The Morgan fingerprint density at radius 3 is 1.97 bits per heavy atom. The third-order valence-electron chi connectivity index (χ3n) is 6.14. The molecule has 1 aliphatic heterocycles. The third kappa shape index (κ3) is 3.04. The molecular weight excluding hydrogens is 422 g/mol. The first-order valence-electron chi connectivity index (χ1n) is 11.1. The van der Waals surface area contributed by atoms with Crippen LogP contribution >= 0.6 is 0 Å². The van der Waals surface area contributed by atoms with Gasteiger partial charge in [-0.05, 0) is 35.4 Å². The molecule has 0 radical (unpaired) electrons. The molecule has 0 aliphatic carbocycles. The van der Waals surface area contributed by atoms with Crippen LogP contribution in [0.1, 0.15) is 10.4 Å². The minimum atomic E-state index is -0.380. The quantitative estimate of drug-likeness (QED) is 0.268. The number of fused-ring (bicyclic) bond motifs is 5. The first-order valence-corrected chi connectivity index (χ1v) is 11.1. The van der Waals surface area contributed by atoms with Gasteiger partial charge in [0.2, 0.25) is 0 Å². The van der Waals surface area contributed by atoms with Crippen LogP contribution in [0.2, 0.25) is 0 Å². The summed E-state index contributed by atoms with van der Waals surface area (Å²) in [6.45, 7) is 0. The SMILES string of the molecule is COC(=O)c1c(-c2ccccc2)c2n(c1-c1ccccc1)-c1ccccc1Oc1ccccc1-2. The average Bonchev–Trinajstić information content (AvgIpc) is 3.18. The molecule has 1 aliphatic rings. The third-order valence-corrected chi connectivity index (χ3v) is 6.14. The van der Waals surface area contributed by atoms with Crippen LogP contribution in [0.4, 0.5) is 0 Å². The molecule has 4 heteroatoms. The number of esters is 1. The maximum atomic E-state index is 13.5. The van der Waals surface area contributed by atoms with Gasteiger partial charge in [-0.25, -0.2) is 4.79 Å². The number of para-hydroxylation sites is 3. The molecule has 0 spiro atoms. The van der Waals surface area contributed by atoms with Gasteiger partial charge in [0.1, 0.15) is 5.75 Å². The van der Waals surface area contributed by atoms with Gasteiger partial charge in [0, 0.05) is 11.1 Å². The van der Waals surface area contributed by atoms with Crippen LogP contribution in [0.5, 0.6) is 11.5 Å². The molecule has 0 fully saturated rings. The van der Waals surface area contributed by atoms with Crippen molar-refractivity contribution >= 4 is 5.97 Å². The number of carbonyl (C=O) groups excluding carboxylic acids is 1. The van der Waals surface area contributed by atoms with E-state index < -0.39 is 0 Å². The number of nitrogens with zero attached hydrogens (tertiary/aromatic N) is 1. The second kappa shape index (κ2) is 8.09. The summed E-state index contributed by atoms with van der Waals surface area (Å²) in [6, 6.07) is 35.8. The first kappa shape index (κ1) is 20.1. The Labute approximate surface area is 197 Å². The highest BCUT2D eigenvalue weighted by Crippen LogP contribution is 2.51. The average molecular weight is 444 g/mol. The van der Waals surface area contributed by atoms with Crippen LogP contribution in [0.15, 0.2) is 109 Å². The molecule has 4 nitrogen and oxygen atoms in total. The van der Waals surface area contributed by atoms with Gasteiger partial charge in [-0.15, -0.1) is 0 Å². The van der Waals surface area contributed by atoms with Gasteiger partial charge in [0.05, 0.1) is 29.7 Å². The molecular formula is C30H21NO3. The Kier molecular flexibility index (Phi) is 4.77. The van der Waals surface area contributed by atoms with Gasteiger partial charge in [-0.3, -0.25) is 0 Å². The maximum absolute atomic E-state index is 13.5. The smallest absolute Gasteiger partial charge is 0.340 e. The van der Waals surface area contributed by atoms with E-state index in [1.54, 1.807) is 0 Å². The molecule has 0 saturated heterocycles. The molecule has 4 aromatic carbocycles. The molecule has 34 heavy (non-hydrogen) atoms. The van der Waals surface area contributed by atoms with Crippen LogP contribution in [0.25, 0.3) is 39.3 Å². The summed E-state index contributed by atoms with van der Waals surface area (Å²) >= 11 is 0. The molecule has 2 heterocycles. The molecule has 0 unspecified atom stereocenters. The molecule has 0 saturated carbocycles. The van der Waals surface area contributed by atoms with Crippen molar-refractivity contribution in [2.45, 2.75) is 0 Å². The van der Waals surface area contributed by atoms with E-state index in [4.69, 9.17) is 9.47 Å². The molecule has 0 N–H and O–H groups in total. The topological polar surface area (TPSA) is 40.5 Å². The van der Waals surface area contributed by atoms with Crippen LogP contribution in [-0.2, 0) is 4.74 Å². The maximum Gasteiger partial charge on any atom is 0.340 e. The lowest BCUT2D eigenvalue weighted by Crippen LogP contribution is -2.06. The number of methoxy groups -OCH3 is 1. The normalized spacial score (nSPS) is 11.4. The zero-order chi connectivity index (χ0) is 23.1. The second-order valence-electron chi connectivity index (χ2n) is 8.07. The number of benzene rings is 4. The van der Waals surface area contributed by atoms with Crippen molar-refractivity contribution in [3.8, 4) is 50.8 Å². The van der Waals surface area contributed by atoms with Crippen molar-refractivity contribution < 1.29 is 14.3 Å². The number of hydrogen-bond donors (Lipinski definition) is 0. The summed E-state index contributed by atoms with van der Waals surface area (Å²) in [5, 5.41) is 0. The van der Waals surface area contributed by atoms with E-state index in [0.717, 1.165) is 50.8 Å². The van der Waals surface area contributed by atoms with Gasteiger partial charge in [-0.2, -0.15) is 0 Å². The Morgan fingerprint density at radius 2 is 1.26 bits per heavy atom. The summed E-state index contributed by atoms with van der Waals surface area (Å²) in [4.78, 5) is 13.5. The second-order valence-corrected chi connectivity index (χ2v) is 8.07. The van der Waals surface area contributed by atoms with Crippen molar-refractivity contribution in [3.05, 3.63) is 115 Å². The van der Waals surface area contributed by atoms with E-state index in [2.05, 4.69) is 4.57 Å². The fourth-order valence-corrected chi connectivity index (χ4v) is 4.72. The number of hydrogen-bond acceptors (Lipinski definition) is 3. The minimum absolute atomic E-state index is 0.380. The number of aromatic nitrogens is 1. The number of carbonyl (C=O) groups is 1.